The normalized spacial score (nSPS) is 17.4. The lowest BCUT2D eigenvalue weighted by molar-refractivity contribution is 0.0506. The first-order valence-corrected chi connectivity index (χ1v) is 5.39. The molecule has 1 aromatic rings. The Bertz CT molecular complexity index is 409. The van der Waals surface area contributed by atoms with Gasteiger partial charge in [-0.15, -0.1) is 0 Å². The van der Waals surface area contributed by atoms with Gasteiger partial charge in [0.05, 0.1) is 26.0 Å². The number of rotatable bonds is 2. The van der Waals surface area contributed by atoms with Gasteiger partial charge in [-0.1, -0.05) is 13.8 Å². The number of aromatic nitrogens is 2. The molecule has 0 bridgehead atoms. The zero-order chi connectivity index (χ0) is 11.8. The molecule has 0 aromatic carbocycles. The van der Waals surface area contributed by atoms with Crippen LogP contribution in [0.5, 0.6) is 5.88 Å². The number of hydrogen-bond acceptors (Lipinski definition) is 4. The maximum Gasteiger partial charge on any atom is 0.345 e. The van der Waals surface area contributed by atoms with Crippen molar-refractivity contribution in [2.24, 2.45) is 5.41 Å². The largest absolute Gasteiger partial charge is 0.477 e. The van der Waals surface area contributed by atoms with Gasteiger partial charge in [0.15, 0.2) is 0 Å². The van der Waals surface area contributed by atoms with Crippen LogP contribution in [0.2, 0.25) is 0 Å². The molecule has 1 aromatic heterocycles. The van der Waals surface area contributed by atoms with Crippen molar-refractivity contribution in [3.05, 3.63) is 11.8 Å². The molecular weight excluding hydrogens is 208 g/mol. The first kappa shape index (κ1) is 11.0. The van der Waals surface area contributed by atoms with Crippen LogP contribution < -0.4 is 4.74 Å². The highest BCUT2D eigenvalue weighted by Crippen LogP contribution is 2.30. The Balaban J connectivity index is 2.26. The van der Waals surface area contributed by atoms with Crippen molar-refractivity contribution in [1.82, 2.24) is 9.78 Å². The minimum atomic E-state index is -0.372. The third kappa shape index (κ3) is 1.89. The Labute approximate surface area is 94.3 Å². The SMILES string of the molecule is CCOC(=O)c1cnn2c1OCC(C)(C)C2. The third-order valence-electron chi connectivity index (χ3n) is 2.46. The minimum Gasteiger partial charge on any atom is -0.477 e. The minimum absolute atomic E-state index is 0.0466. The predicted molar refractivity (Wildman–Crippen MR) is 57.5 cm³/mol. The number of hydrogen-bond donors (Lipinski definition) is 0. The van der Waals surface area contributed by atoms with Crippen molar-refractivity contribution in [3.8, 4) is 5.88 Å². The summed E-state index contributed by atoms with van der Waals surface area (Å²) in [6.07, 6.45) is 1.51. The highest BCUT2D eigenvalue weighted by molar-refractivity contribution is 5.91. The predicted octanol–water partition coefficient (Wildman–Crippen LogP) is 1.48. The number of ether oxygens (including phenoxy) is 2. The van der Waals surface area contributed by atoms with E-state index >= 15 is 0 Å². The van der Waals surface area contributed by atoms with Gasteiger partial charge in [-0.2, -0.15) is 5.10 Å². The molecule has 0 N–H and O–H groups in total. The van der Waals surface area contributed by atoms with E-state index in [-0.39, 0.29) is 11.4 Å². The summed E-state index contributed by atoms with van der Waals surface area (Å²) >= 11 is 0. The van der Waals surface area contributed by atoms with Gasteiger partial charge in [-0.25, -0.2) is 9.48 Å². The quantitative estimate of drug-likeness (QED) is 0.714. The summed E-state index contributed by atoms with van der Waals surface area (Å²) in [5.41, 5.74) is 0.461. The summed E-state index contributed by atoms with van der Waals surface area (Å²) in [6.45, 7) is 7.67. The molecule has 0 atom stereocenters. The fraction of sp³-hybridized carbons (Fsp3) is 0.636. The highest BCUT2D eigenvalue weighted by Gasteiger charge is 2.31. The van der Waals surface area contributed by atoms with E-state index in [2.05, 4.69) is 18.9 Å². The monoisotopic (exact) mass is 224 g/mol. The van der Waals surface area contributed by atoms with Gasteiger partial charge in [0.2, 0.25) is 5.88 Å². The fourth-order valence-corrected chi connectivity index (χ4v) is 1.70. The summed E-state index contributed by atoms with van der Waals surface area (Å²) in [7, 11) is 0. The highest BCUT2D eigenvalue weighted by atomic mass is 16.5. The van der Waals surface area contributed by atoms with Gasteiger partial charge in [0, 0.05) is 5.41 Å². The average molecular weight is 224 g/mol. The van der Waals surface area contributed by atoms with Crippen LogP contribution in [0, 0.1) is 5.41 Å². The van der Waals surface area contributed by atoms with E-state index in [4.69, 9.17) is 9.47 Å². The topological polar surface area (TPSA) is 53.3 Å². The molecule has 1 aliphatic heterocycles. The van der Waals surface area contributed by atoms with Gasteiger partial charge in [0.25, 0.3) is 0 Å². The molecule has 0 radical (unpaired) electrons. The smallest absolute Gasteiger partial charge is 0.345 e. The van der Waals surface area contributed by atoms with Crippen molar-refractivity contribution in [1.29, 1.82) is 0 Å². The van der Waals surface area contributed by atoms with Crippen LogP contribution in [-0.2, 0) is 11.3 Å². The summed E-state index contributed by atoms with van der Waals surface area (Å²) in [6, 6.07) is 0. The Morgan fingerprint density at radius 3 is 3.12 bits per heavy atom. The Kier molecular flexibility index (Phi) is 2.61. The summed E-state index contributed by atoms with van der Waals surface area (Å²) in [5.74, 6) is 0.154. The second kappa shape index (κ2) is 3.81. The fourth-order valence-electron chi connectivity index (χ4n) is 1.70. The third-order valence-corrected chi connectivity index (χ3v) is 2.46. The molecule has 2 rings (SSSR count). The van der Waals surface area contributed by atoms with Gasteiger partial charge in [0.1, 0.15) is 5.56 Å². The Morgan fingerprint density at radius 2 is 2.44 bits per heavy atom. The van der Waals surface area contributed by atoms with Crippen LogP contribution in [0.15, 0.2) is 6.20 Å². The second-order valence-electron chi connectivity index (χ2n) is 4.69. The number of esters is 1. The van der Waals surface area contributed by atoms with E-state index < -0.39 is 0 Å². The molecule has 2 heterocycles. The zero-order valence-electron chi connectivity index (χ0n) is 9.82. The van der Waals surface area contributed by atoms with E-state index in [1.165, 1.54) is 6.20 Å². The van der Waals surface area contributed by atoms with Crippen LogP contribution in [0.25, 0.3) is 0 Å². The molecule has 0 amide bonds. The summed E-state index contributed by atoms with van der Waals surface area (Å²) < 4.78 is 12.2. The Morgan fingerprint density at radius 1 is 1.69 bits per heavy atom. The zero-order valence-corrected chi connectivity index (χ0v) is 9.82. The Hall–Kier alpha value is -1.52. The first-order valence-electron chi connectivity index (χ1n) is 5.39. The number of carbonyl (C=O) groups is 1. The number of carbonyl (C=O) groups excluding carboxylic acids is 1. The molecule has 0 saturated carbocycles. The first-order chi connectivity index (χ1) is 7.53. The van der Waals surface area contributed by atoms with Crippen LogP contribution in [-0.4, -0.2) is 29.0 Å². The number of fused-ring (bicyclic) bond motifs is 1. The molecular formula is C11H16N2O3. The van der Waals surface area contributed by atoms with Crippen LogP contribution in [0.3, 0.4) is 0 Å². The molecule has 5 nitrogen and oxygen atoms in total. The van der Waals surface area contributed by atoms with E-state index in [1.807, 2.05) is 0 Å². The molecule has 1 aliphatic rings. The number of nitrogens with zero attached hydrogens (tertiary/aromatic N) is 2. The van der Waals surface area contributed by atoms with E-state index in [0.29, 0.717) is 24.7 Å². The lowest BCUT2D eigenvalue weighted by Gasteiger charge is -2.30. The van der Waals surface area contributed by atoms with Crippen LogP contribution in [0.1, 0.15) is 31.1 Å². The maximum atomic E-state index is 11.6. The maximum absolute atomic E-state index is 11.6. The lowest BCUT2D eigenvalue weighted by atomic mass is 9.94. The van der Waals surface area contributed by atoms with Gasteiger partial charge in [-0.3, -0.25) is 0 Å². The molecule has 88 valence electrons. The van der Waals surface area contributed by atoms with Crippen molar-refractivity contribution >= 4 is 5.97 Å². The average Bonchev–Trinajstić information content (AvgIpc) is 2.59. The van der Waals surface area contributed by atoms with Crippen LogP contribution in [0.4, 0.5) is 0 Å². The molecule has 0 saturated heterocycles. The van der Waals surface area contributed by atoms with Gasteiger partial charge >= 0.3 is 5.97 Å². The molecule has 16 heavy (non-hydrogen) atoms. The second-order valence-corrected chi connectivity index (χ2v) is 4.69. The van der Waals surface area contributed by atoms with Crippen molar-refractivity contribution < 1.29 is 14.3 Å². The molecule has 5 heteroatoms. The molecule has 0 spiro atoms. The summed E-state index contributed by atoms with van der Waals surface area (Å²) in [4.78, 5) is 11.6. The standard InChI is InChI=1S/C11H16N2O3/c1-4-15-10(14)8-5-12-13-6-11(2,3)7-16-9(8)13/h5H,4,6-7H2,1-3H3. The van der Waals surface area contributed by atoms with E-state index in [0.717, 1.165) is 6.54 Å². The molecule has 0 aliphatic carbocycles. The molecule has 0 unspecified atom stereocenters. The summed E-state index contributed by atoms with van der Waals surface area (Å²) in [5, 5.41) is 4.15. The van der Waals surface area contributed by atoms with Crippen molar-refractivity contribution in [2.75, 3.05) is 13.2 Å². The van der Waals surface area contributed by atoms with E-state index in [9.17, 15) is 4.79 Å². The molecule has 0 fully saturated rings. The van der Waals surface area contributed by atoms with Crippen molar-refractivity contribution in [3.63, 3.8) is 0 Å². The lowest BCUT2D eigenvalue weighted by Crippen LogP contribution is -2.33. The van der Waals surface area contributed by atoms with Gasteiger partial charge in [-0.05, 0) is 6.92 Å². The van der Waals surface area contributed by atoms with E-state index in [1.54, 1.807) is 11.6 Å². The van der Waals surface area contributed by atoms with Gasteiger partial charge < -0.3 is 9.47 Å². The van der Waals surface area contributed by atoms with Crippen LogP contribution >= 0.6 is 0 Å². The van der Waals surface area contributed by atoms with Crippen molar-refractivity contribution in [2.45, 2.75) is 27.3 Å².